The van der Waals surface area contributed by atoms with Crippen molar-refractivity contribution in [1.29, 1.82) is 0 Å². The highest BCUT2D eigenvalue weighted by molar-refractivity contribution is 5.95. The summed E-state index contributed by atoms with van der Waals surface area (Å²) in [6.07, 6.45) is 6.33. The van der Waals surface area contributed by atoms with Crippen molar-refractivity contribution < 1.29 is 14.0 Å². The van der Waals surface area contributed by atoms with Gasteiger partial charge < -0.3 is 15.1 Å². The highest BCUT2D eigenvalue weighted by atomic mass is 16.3. The van der Waals surface area contributed by atoms with Gasteiger partial charge in [0.1, 0.15) is 5.76 Å². The quantitative estimate of drug-likeness (QED) is 0.682. The van der Waals surface area contributed by atoms with Gasteiger partial charge in [-0.15, -0.1) is 0 Å². The Labute approximate surface area is 120 Å². The zero-order valence-electron chi connectivity index (χ0n) is 12.3. The van der Waals surface area contributed by atoms with Crippen LogP contribution < -0.4 is 10.6 Å². The van der Waals surface area contributed by atoms with Gasteiger partial charge in [0.15, 0.2) is 0 Å². The predicted octanol–water partition coefficient (Wildman–Crippen LogP) is 2.40. The summed E-state index contributed by atoms with van der Waals surface area (Å²) in [6, 6.07) is 1.62. The number of carbonyl (C=O) groups excluding carboxylic acids is 2. The monoisotopic (exact) mass is 280 g/mol. The van der Waals surface area contributed by atoms with E-state index in [-0.39, 0.29) is 11.8 Å². The SMILES string of the molecule is CCCCCCNC(=O)CCNC(=O)c1ccoc1C. The number of rotatable bonds is 9. The number of unbranched alkanes of at least 4 members (excludes halogenated alkanes) is 3. The molecule has 5 nitrogen and oxygen atoms in total. The first-order valence-electron chi connectivity index (χ1n) is 7.24. The maximum absolute atomic E-state index is 11.7. The lowest BCUT2D eigenvalue weighted by atomic mass is 10.2. The molecule has 0 atom stereocenters. The maximum Gasteiger partial charge on any atom is 0.254 e. The number of hydrogen-bond acceptors (Lipinski definition) is 3. The molecule has 0 spiro atoms. The fourth-order valence-electron chi connectivity index (χ4n) is 1.87. The molecule has 0 aliphatic carbocycles. The maximum atomic E-state index is 11.7. The molecule has 2 N–H and O–H groups in total. The van der Waals surface area contributed by atoms with Crippen molar-refractivity contribution >= 4 is 11.8 Å². The van der Waals surface area contributed by atoms with Gasteiger partial charge in [-0.25, -0.2) is 0 Å². The van der Waals surface area contributed by atoms with Crippen LogP contribution in [0.3, 0.4) is 0 Å². The van der Waals surface area contributed by atoms with Crippen molar-refractivity contribution in [2.24, 2.45) is 0 Å². The number of carbonyl (C=O) groups is 2. The Morgan fingerprint density at radius 3 is 2.60 bits per heavy atom. The number of furan rings is 1. The molecule has 2 amide bonds. The molecule has 1 rings (SSSR count). The molecular weight excluding hydrogens is 256 g/mol. The molecule has 0 fully saturated rings. The van der Waals surface area contributed by atoms with Gasteiger partial charge in [0.05, 0.1) is 11.8 Å². The van der Waals surface area contributed by atoms with E-state index in [1.54, 1.807) is 13.0 Å². The van der Waals surface area contributed by atoms with Crippen LogP contribution in [0.5, 0.6) is 0 Å². The first kappa shape index (κ1) is 16.3. The van der Waals surface area contributed by atoms with Crippen LogP contribution in [0.4, 0.5) is 0 Å². The molecule has 0 aliphatic heterocycles. The van der Waals surface area contributed by atoms with Crippen molar-refractivity contribution in [3.63, 3.8) is 0 Å². The summed E-state index contributed by atoms with van der Waals surface area (Å²) in [7, 11) is 0. The lowest BCUT2D eigenvalue weighted by Gasteiger charge is -2.06. The van der Waals surface area contributed by atoms with Crippen LogP contribution >= 0.6 is 0 Å². The average Bonchev–Trinajstić information content (AvgIpc) is 2.84. The van der Waals surface area contributed by atoms with Gasteiger partial charge in [0.25, 0.3) is 5.91 Å². The summed E-state index contributed by atoms with van der Waals surface area (Å²) >= 11 is 0. The molecular formula is C15H24N2O3. The largest absolute Gasteiger partial charge is 0.469 e. The Morgan fingerprint density at radius 2 is 1.95 bits per heavy atom. The second-order valence-corrected chi connectivity index (χ2v) is 4.81. The van der Waals surface area contributed by atoms with E-state index in [9.17, 15) is 9.59 Å². The van der Waals surface area contributed by atoms with Gasteiger partial charge >= 0.3 is 0 Å². The third kappa shape index (κ3) is 5.91. The van der Waals surface area contributed by atoms with Crippen LogP contribution in [0.15, 0.2) is 16.7 Å². The van der Waals surface area contributed by atoms with Crippen LogP contribution in [0, 0.1) is 6.92 Å². The molecule has 1 aromatic rings. The summed E-state index contributed by atoms with van der Waals surface area (Å²) in [4.78, 5) is 23.3. The van der Waals surface area contributed by atoms with E-state index in [0.29, 0.717) is 30.8 Å². The van der Waals surface area contributed by atoms with Crippen LogP contribution in [0.1, 0.15) is 55.1 Å². The highest BCUT2D eigenvalue weighted by Crippen LogP contribution is 2.07. The van der Waals surface area contributed by atoms with E-state index >= 15 is 0 Å². The molecule has 0 saturated heterocycles. The van der Waals surface area contributed by atoms with E-state index < -0.39 is 0 Å². The summed E-state index contributed by atoms with van der Waals surface area (Å²) in [5.41, 5.74) is 0.518. The third-order valence-corrected chi connectivity index (χ3v) is 3.09. The molecule has 0 aliphatic rings. The number of hydrogen-bond donors (Lipinski definition) is 2. The van der Waals surface area contributed by atoms with Gasteiger partial charge in [-0.05, 0) is 19.4 Å². The zero-order valence-corrected chi connectivity index (χ0v) is 12.3. The first-order valence-corrected chi connectivity index (χ1v) is 7.24. The van der Waals surface area contributed by atoms with Crippen molar-refractivity contribution in [2.45, 2.75) is 46.0 Å². The standard InChI is InChI=1S/C15H24N2O3/c1-3-4-5-6-9-16-14(18)7-10-17-15(19)13-8-11-20-12(13)2/h8,11H,3-7,9-10H2,1-2H3,(H,16,18)(H,17,19). The molecule has 0 radical (unpaired) electrons. The van der Waals surface area contributed by atoms with Gasteiger partial charge in [0, 0.05) is 19.5 Å². The summed E-state index contributed by atoms with van der Waals surface area (Å²) in [5, 5.41) is 5.56. The van der Waals surface area contributed by atoms with Crippen molar-refractivity contribution in [1.82, 2.24) is 10.6 Å². The van der Waals surface area contributed by atoms with Crippen molar-refractivity contribution in [3.8, 4) is 0 Å². The Morgan fingerprint density at radius 1 is 1.15 bits per heavy atom. The minimum absolute atomic E-state index is 0.0225. The lowest BCUT2D eigenvalue weighted by molar-refractivity contribution is -0.120. The fraction of sp³-hybridized carbons (Fsp3) is 0.600. The summed E-state index contributed by atoms with van der Waals surface area (Å²) < 4.78 is 5.06. The molecule has 0 aromatic carbocycles. The zero-order chi connectivity index (χ0) is 14.8. The minimum atomic E-state index is -0.202. The van der Waals surface area contributed by atoms with Crippen molar-refractivity contribution in [3.05, 3.63) is 23.7 Å². The molecule has 1 heterocycles. The number of aryl methyl sites for hydroxylation is 1. The van der Waals surface area contributed by atoms with Gasteiger partial charge in [-0.3, -0.25) is 9.59 Å². The van der Waals surface area contributed by atoms with E-state index in [0.717, 1.165) is 12.8 Å². The van der Waals surface area contributed by atoms with Crippen LogP contribution in [0.25, 0.3) is 0 Å². The third-order valence-electron chi connectivity index (χ3n) is 3.09. The average molecular weight is 280 g/mol. The van der Waals surface area contributed by atoms with Gasteiger partial charge in [0.2, 0.25) is 5.91 Å². The van der Waals surface area contributed by atoms with Crippen LogP contribution in [-0.4, -0.2) is 24.9 Å². The number of nitrogens with one attached hydrogen (secondary N) is 2. The van der Waals surface area contributed by atoms with Gasteiger partial charge in [-0.2, -0.15) is 0 Å². The summed E-state index contributed by atoms with van der Waals surface area (Å²) in [5.74, 6) is 0.362. The molecule has 1 aromatic heterocycles. The van der Waals surface area contributed by atoms with Crippen molar-refractivity contribution in [2.75, 3.05) is 13.1 Å². The Bertz CT molecular complexity index is 427. The Balaban J connectivity index is 2.10. The lowest BCUT2D eigenvalue weighted by Crippen LogP contribution is -2.31. The second kappa shape index (κ2) is 9.18. The molecule has 20 heavy (non-hydrogen) atoms. The normalized spacial score (nSPS) is 10.3. The first-order chi connectivity index (χ1) is 9.65. The Hall–Kier alpha value is -1.78. The number of amides is 2. The Kier molecular flexibility index (Phi) is 7.47. The second-order valence-electron chi connectivity index (χ2n) is 4.81. The molecule has 0 bridgehead atoms. The molecule has 0 saturated carbocycles. The topological polar surface area (TPSA) is 71.3 Å². The highest BCUT2D eigenvalue weighted by Gasteiger charge is 2.11. The van der Waals surface area contributed by atoms with Gasteiger partial charge in [-0.1, -0.05) is 26.2 Å². The van der Waals surface area contributed by atoms with E-state index in [1.165, 1.54) is 19.1 Å². The minimum Gasteiger partial charge on any atom is -0.469 e. The predicted molar refractivity (Wildman–Crippen MR) is 77.5 cm³/mol. The fourth-order valence-corrected chi connectivity index (χ4v) is 1.87. The van der Waals surface area contributed by atoms with Crippen LogP contribution in [-0.2, 0) is 4.79 Å². The van der Waals surface area contributed by atoms with E-state index in [2.05, 4.69) is 17.6 Å². The van der Waals surface area contributed by atoms with E-state index in [4.69, 9.17) is 4.42 Å². The summed E-state index contributed by atoms with van der Waals surface area (Å²) in [6.45, 7) is 4.94. The van der Waals surface area contributed by atoms with Crippen LogP contribution in [0.2, 0.25) is 0 Å². The molecule has 0 unspecified atom stereocenters. The molecule has 112 valence electrons. The molecule has 5 heteroatoms. The van der Waals surface area contributed by atoms with E-state index in [1.807, 2.05) is 0 Å². The smallest absolute Gasteiger partial charge is 0.254 e.